The number of hydrogen-bond donors (Lipinski definition) is 1. The number of esters is 1. The summed E-state index contributed by atoms with van der Waals surface area (Å²) in [6.07, 6.45) is -0.0159. The number of hydrogen-bond acceptors (Lipinski definition) is 5. The van der Waals surface area contributed by atoms with E-state index in [0.29, 0.717) is 11.3 Å². The number of benzene rings is 2. The topological polar surface area (TPSA) is 81.7 Å². The van der Waals surface area contributed by atoms with E-state index in [9.17, 15) is 14.4 Å². The zero-order chi connectivity index (χ0) is 20.5. The lowest BCUT2D eigenvalue weighted by molar-refractivity contribution is -0.148. The Hall–Kier alpha value is -3.15. The summed E-state index contributed by atoms with van der Waals surface area (Å²) in [5.41, 5.74) is 3.30. The van der Waals surface area contributed by atoms with Crippen molar-refractivity contribution in [1.29, 1.82) is 0 Å². The number of ether oxygens (including phenoxy) is 2. The summed E-state index contributed by atoms with van der Waals surface area (Å²) in [7, 11) is 1.56. The van der Waals surface area contributed by atoms with Crippen LogP contribution in [-0.4, -0.2) is 31.4 Å². The lowest BCUT2D eigenvalue weighted by Gasteiger charge is -2.10. The Bertz CT molecular complexity index is 860. The SMILES string of the molecule is COc1ccccc1CNC(=O)COC(=O)CCC(=O)c1cc(C)ccc1C. The highest BCUT2D eigenvalue weighted by atomic mass is 16.5. The molecule has 0 aromatic heterocycles. The fraction of sp³-hybridized carbons (Fsp3) is 0.318. The normalized spacial score (nSPS) is 10.2. The van der Waals surface area contributed by atoms with E-state index in [1.54, 1.807) is 13.2 Å². The summed E-state index contributed by atoms with van der Waals surface area (Å²) >= 11 is 0. The molecule has 0 bridgehead atoms. The van der Waals surface area contributed by atoms with Gasteiger partial charge in [0.15, 0.2) is 12.4 Å². The molecular weight excluding hydrogens is 358 g/mol. The van der Waals surface area contributed by atoms with Gasteiger partial charge in [-0.25, -0.2) is 0 Å². The first-order valence-corrected chi connectivity index (χ1v) is 9.05. The Morgan fingerprint density at radius 3 is 2.50 bits per heavy atom. The number of methoxy groups -OCH3 is 1. The van der Waals surface area contributed by atoms with Crippen LogP contribution in [0.15, 0.2) is 42.5 Å². The van der Waals surface area contributed by atoms with Crippen LogP contribution in [-0.2, 0) is 20.9 Å². The van der Waals surface area contributed by atoms with Gasteiger partial charge in [-0.15, -0.1) is 0 Å². The highest BCUT2D eigenvalue weighted by molar-refractivity contribution is 5.99. The second-order valence-electron chi connectivity index (χ2n) is 6.49. The number of Topliss-reactive ketones (excluding diaryl/α,β-unsaturated/α-hetero) is 1. The lowest BCUT2D eigenvalue weighted by Crippen LogP contribution is -2.28. The third-order valence-corrected chi connectivity index (χ3v) is 4.28. The number of rotatable bonds is 9. The van der Waals surface area contributed by atoms with E-state index in [-0.39, 0.29) is 31.8 Å². The van der Waals surface area contributed by atoms with Gasteiger partial charge in [0.1, 0.15) is 5.75 Å². The molecule has 0 aliphatic rings. The van der Waals surface area contributed by atoms with Gasteiger partial charge in [-0.2, -0.15) is 0 Å². The molecule has 2 rings (SSSR count). The van der Waals surface area contributed by atoms with Gasteiger partial charge < -0.3 is 14.8 Å². The highest BCUT2D eigenvalue weighted by Gasteiger charge is 2.14. The number of ketones is 1. The van der Waals surface area contributed by atoms with Crippen LogP contribution in [0.1, 0.15) is 39.9 Å². The number of para-hydroxylation sites is 1. The molecule has 0 aliphatic carbocycles. The molecule has 6 heteroatoms. The van der Waals surface area contributed by atoms with E-state index >= 15 is 0 Å². The molecule has 0 aliphatic heterocycles. The summed E-state index contributed by atoms with van der Waals surface area (Å²) < 4.78 is 10.2. The molecule has 148 valence electrons. The average Bonchev–Trinajstić information content (AvgIpc) is 2.70. The van der Waals surface area contributed by atoms with Crippen molar-refractivity contribution in [2.45, 2.75) is 33.2 Å². The van der Waals surface area contributed by atoms with Gasteiger partial charge in [0.05, 0.1) is 13.5 Å². The molecule has 0 fully saturated rings. The van der Waals surface area contributed by atoms with Crippen LogP contribution in [0.25, 0.3) is 0 Å². The predicted molar refractivity (Wildman–Crippen MR) is 105 cm³/mol. The van der Waals surface area contributed by atoms with E-state index in [4.69, 9.17) is 9.47 Å². The van der Waals surface area contributed by atoms with Gasteiger partial charge >= 0.3 is 5.97 Å². The molecule has 0 saturated heterocycles. The van der Waals surface area contributed by atoms with Crippen molar-refractivity contribution in [3.63, 3.8) is 0 Å². The number of carbonyl (C=O) groups is 3. The van der Waals surface area contributed by atoms with Crippen LogP contribution in [0.2, 0.25) is 0 Å². The van der Waals surface area contributed by atoms with Gasteiger partial charge in [-0.05, 0) is 31.5 Å². The molecule has 0 radical (unpaired) electrons. The molecule has 2 aromatic carbocycles. The van der Waals surface area contributed by atoms with Gasteiger partial charge in [-0.3, -0.25) is 14.4 Å². The molecule has 0 spiro atoms. The quantitative estimate of drug-likeness (QED) is 0.531. The molecular formula is C22H25NO5. The second-order valence-corrected chi connectivity index (χ2v) is 6.49. The van der Waals surface area contributed by atoms with Crippen molar-refractivity contribution in [2.24, 2.45) is 0 Å². The van der Waals surface area contributed by atoms with Crippen molar-refractivity contribution in [1.82, 2.24) is 5.32 Å². The van der Waals surface area contributed by atoms with Crippen LogP contribution in [0.5, 0.6) is 5.75 Å². The van der Waals surface area contributed by atoms with Gasteiger partial charge in [0.25, 0.3) is 5.91 Å². The summed E-state index contributed by atoms with van der Waals surface area (Å²) in [6, 6.07) is 13.0. The Balaban J connectivity index is 1.73. The van der Waals surface area contributed by atoms with E-state index in [0.717, 1.165) is 16.7 Å². The third-order valence-electron chi connectivity index (χ3n) is 4.28. The van der Waals surface area contributed by atoms with Crippen LogP contribution in [0, 0.1) is 13.8 Å². The number of carbonyl (C=O) groups excluding carboxylic acids is 3. The Kier molecular flexibility index (Phi) is 7.75. The van der Waals surface area contributed by atoms with Gasteiger partial charge in [-0.1, -0.05) is 35.9 Å². The molecule has 0 saturated carbocycles. The summed E-state index contributed by atoms with van der Waals surface area (Å²) in [5.74, 6) is -0.435. The fourth-order valence-electron chi connectivity index (χ4n) is 2.70. The molecule has 0 heterocycles. The number of nitrogens with one attached hydrogen (secondary N) is 1. The van der Waals surface area contributed by atoms with Crippen molar-refractivity contribution in [3.05, 3.63) is 64.7 Å². The molecule has 1 amide bonds. The second kappa shape index (κ2) is 10.3. The Labute approximate surface area is 164 Å². The zero-order valence-corrected chi connectivity index (χ0v) is 16.4. The predicted octanol–water partition coefficient (Wildman–Crippen LogP) is 3.13. The molecule has 28 heavy (non-hydrogen) atoms. The number of amides is 1. The van der Waals surface area contributed by atoms with E-state index in [2.05, 4.69) is 5.32 Å². The standard InChI is InChI=1S/C22H25NO5/c1-15-8-9-16(2)18(12-15)19(24)10-11-22(26)28-14-21(25)23-13-17-6-4-5-7-20(17)27-3/h4-9,12H,10-11,13-14H2,1-3H3,(H,23,25). The maximum absolute atomic E-state index is 12.3. The molecule has 6 nitrogen and oxygen atoms in total. The van der Waals surface area contributed by atoms with E-state index in [1.165, 1.54) is 0 Å². The minimum Gasteiger partial charge on any atom is -0.496 e. The first-order valence-electron chi connectivity index (χ1n) is 9.05. The molecule has 1 N–H and O–H groups in total. The van der Waals surface area contributed by atoms with Crippen molar-refractivity contribution in [2.75, 3.05) is 13.7 Å². The minimum absolute atomic E-state index is 0.0476. The maximum Gasteiger partial charge on any atom is 0.306 e. The summed E-state index contributed by atoms with van der Waals surface area (Å²) in [6.45, 7) is 3.66. The largest absolute Gasteiger partial charge is 0.496 e. The zero-order valence-electron chi connectivity index (χ0n) is 16.4. The summed E-state index contributed by atoms with van der Waals surface area (Å²) in [4.78, 5) is 36.0. The third kappa shape index (κ3) is 6.23. The fourth-order valence-corrected chi connectivity index (χ4v) is 2.70. The maximum atomic E-state index is 12.3. The van der Waals surface area contributed by atoms with Crippen LogP contribution in [0.4, 0.5) is 0 Å². The van der Waals surface area contributed by atoms with Crippen molar-refractivity contribution in [3.8, 4) is 5.75 Å². The Morgan fingerprint density at radius 2 is 1.75 bits per heavy atom. The highest BCUT2D eigenvalue weighted by Crippen LogP contribution is 2.16. The lowest BCUT2D eigenvalue weighted by atomic mass is 9.99. The first-order chi connectivity index (χ1) is 13.4. The Morgan fingerprint density at radius 1 is 1.00 bits per heavy atom. The smallest absolute Gasteiger partial charge is 0.306 e. The molecule has 0 unspecified atom stereocenters. The average molecular weight is 383 g/mol. The number of aryl methyl sites for hydroxylation is 2. The molecule has 0 atom stereocenters. The molecule has 2 aromatic rings. The van der Waals surface area contributed by atoms with Crippen LogP contribution >= 0.6 is 0 Å². The van der Waals surface area contributed by atoms with Gasteiger partial charge in [0, 0.05) is 24.1 Å². The van der Waals surface area contributed by atoms with E-state index < -0.39 is 11.9 Å². The summed E-state index contributed by atoms with van der Waals surface area (Å²) in [5, 5.41) is 2.67. The van der Waals surface area contributed by atoms with Crippen LogP contribution in [0.3, 0.4) is 0 Å². The monoisotopic (exact) mass is 383 g/mol. The van der Waals surface area contributed by atoms with Crippen LogP contribution < -0.4 is 10.1 Å². The van der Waals surface area contributed by atoms with Gasteiger partial charge in [0.2, 0.25) is 0 Å². The minimum atomic E-state index is -0.578. The van der Waals surface area contributed by atoms with Crippen molar-refractivity contribution >= 4 is 17.7 Å². The van der Waals surface area contributed by atoms with E-state index in [1.807, 2.05) is 50.2 Å². The first kappa shape index (κ1) is 21.2. The van der Waals surface area contributed by atoms with Crippen molar-refractivity contribution < 1.29 is 23.9 Å².